The number of rotatable bonds is 3. The highest BCUT2D eigenvalue weighted by molar-refractivity contribution is 6.02. The molecule has 0 N–H and O–H groups in total. The third-order valence-electron chi connectivity index (χ3n) is 7.69. The first-order chi connectivity index (χ1) is 14.0. The van der Waals surface area contributed by atoms with Crippen LogP contribution in [0.25, 0.3) is 0 Å². The quantitative estimate of drug-likeness (QED) is 0.477. The molecule has 3 aliphatic rings. The third kappa shape index (κ3) is 3.36. The monoisotopic (exact) mass is 432 g/mol. The number of carbonyl (C=O) groups is 1. The summed E-state index contributed by atoms with van der Waals surface area (Å²) < 4.78 is 80.7. The van der Waals surface area contributed by atoms with E-state index in [9.17, 15) is 31.1 Å². The lowest BCUT2D eigenvalue weighted by atomic mass is 9.73. The van der Waals surface area contributed by atoms with Crippen molar-refractivity contribution in [2.45, 2.75) is 77.1 Å². The summed E-state index contributed by atoms with van der Waals surface area (Å²) in [6, 6.07) is 2.78. The van der Waals surface area contributed by atoms with Crippen molar-refractivity contribution < 1.29 is 31.1 Å². The molecule has 3 aliphatic carbocycles. The minimum atomic E-state index is -5.39. The van der Waals surface area contributed by atoms with Crippen LogP contribution in [0.3, 0.4) is 0 Å². The van der Waals surface area contributed by atoms with Crippen LogP contribution in [-0.4, -0.2) is 18.1 Å². The van der Waals surface area contributed by atoms with E-state index in [4.69, 9.17) is 0 Å². The van der Waals surface area contributed by atoms with Gasteiger partial charge in [-0.25, -0.2) is 0 Å². The first-order valence-electron chi connectivity index (χ1n) is 10.8. The van der Waals surface area contributed by atoms with Crippen molar-refractivity contribution in [1.82, 2.24) is 0 Å². The summed E-state index contributed by atoms with van der Waals surface area (Å²) in [5.41, 5.74) is -2.68. The van der Waals surface area contributed by atoms with Crippen LogP contribution >= 0.6 is 0 Å². The Kier molecular flexibility index (Phi) is 5.25. The minimum absolute atomic E-state index is 0.0176. The SMILES string of the molecule is CCCC1CCC(C2Cc3cc4c(cc3C2=O)CC(C(F)(F)F)(C(F)(F)F)C4)CC1. The molecule has 1 atom stereocenters. The number of alkyl halides is 6. The molecule has 7 heteroatoms. The minimum Gasteiger partial charge on any atom is -0.294 e. The number of Topliss-reactive ketones (excluding diaryl/α,β-unsaturated/α-hetero) is 1. The molecule has 0 aliphatic heterocycles. The van der Waals surface area contributed by atoms with E-state index in [0.29, 0.717) is 23.5 Å². The van der Waals surface area contributed by atoms with Crippen LogP contribution in [0.15, 0.2) is 12.1 Å². The topological polar surface area (TPSA) is 17.1 Å². The molecule has 0 bridgehead atoms. The highest BCUT2D eigenvalue weighted by Gasteiger charge is 2.72. The first-order valence-corrected chi connectivity index (χ1v) is 10.8. The Hall–Kier alpha value is -1.53. The Labute approximate surface area is 172 Å². The van der Waals surface area contributed by atoms with Gasteiger partial charge in [0.2, 0.25) is 0 Å². The smallest absolute Gasteiger partial charge is 0.294 e. The lowest BCUT2D eigenvalue weighted by molar-refractivity contribution is -0.337. The summed E-state index contributed by atoms with van der Waals surface area (Å²) in [6.07, 6.45) is -6.10. The van der Waals surface area contributed by atoms with E-state index in [1.54, 1.807) is 0 Å². The summed E-state index contributed by atoms with van der Waals surface area (Å²) in [5.74, 6) is 0.687. The van der Waals surface area contributed by atoms with Crippen molar-refractivity contribution in [1.29, 1.82) is 0 Å². The number of hydrogen-bond donors (Lipinski definition) is 0. The van der Waals surface area contributed by atoms with E-state index >= 15 is 0 Å². The van der Waals surface area contributed by atoms with Crippen molar-refractivity contribution in [3.63, 3.8) is 0 Å². The molecule has 0 heterocycles. The van der Waals surface area contributed by atoms with Crippen molar-refractivity contribution >= 4 is 5.78 Å². The van der Waals surface area contributed by atoms with E-state index in [-0.39, 0.29) is 28.7 Å². The first kappa shape index (κ1) is 21.7. The Morgan fingerprint density at radius 2 is 1.47 bits per heavy atom. The Morgan fingerprint density at radius 1 is 0.900 bits per heavy atom. The predicted octanol–water partition coefficient (Wildman–Crippen LogP) is 6.86. The zero-order valence-corrected chi connectivity index (χ0v) is 16.9. The standard InChI is InChI=1S/C23H26F6O/c1-2-3-13-4-6-14(7-5-13)18-9-15-8-16-11-21(22(24,25)26,23(27,28)29)12-17(16)10-19(15)20(18)30/h8,10,13-14,18H,2-7,9,11-12H2,1H3. The second-order valence-corrected chi connectivity index (χ2v) is 9.45. The summed E-state index contributed by atoms with van der Waals surface area (Å²) in [5, 5.41) is 0. The normalized spacial score (nSPS) is 28.5. The lowest BCUT2D eigenvalue weighted by Crippen LogP contribution is -2.50. The molecular weight excluding hydrogens is 406 g/mol. The lowest BCUT2D eigenvalue weighted by Gasteiger charge is -2.33. The summed E-state index contributed by atoms with van der Waals surface area (Å²) >= 11 is 0. The highest BCUT2D eigenvalue weighted by Crippen LogP contribution is 2.58. The maximum Gasteiger partial charge on any atom is 0.403 e. The molecule has 1 aromatic carbocycles. The summed E-state index contributed by atoms with van der Waals surface area (Å²) in [7, 11) is 0. The maximum atomic E-state index is 13.5. The molecular formula is C23H26F6O. The Morgan fingerprint density at radius 3 is 2.00 bits per heavy atom. The molecule has 0 aromatic heterocycles. The van der Waals surface area contributed by atoms with Gasteiger partial charge in [-0.05, 0) is 66.7 Å². The van der Waals surface area contributed by atoms with Gasteiger partial charge in [0.05, 0.1) is 0 Å². The average molecular weight is 432 g/mol. The number of benzene rings is 1. The molecule has 1 saturated carbocycles. The van der Waals surface area contributed by atoms with Gasteiger partial charge in [-0.15, -0.1) is 0 Å². The van der Waals surface area contributed by atoms with Gasteiger partial charge < -0.3 is 0 Å². The molecule has 1 nitrogen and oxygen atoms in total. The molecule has 1 unspecified atom stereocenters. The fourth-order valence-electron chi connectivity index (χ4n) is 5.94. The van der Waals surface area contributed by atoms with Gasteiger partial charge in [0.25, 0.3) is 0 Å². The van der Waals surface area contributed by atoms with Crippen LogP contribution in [0.1, 0.15) is 72.5 Å². The van der Waals surface area contributed by atoms with Gasteiger partial charge in [-0.3, -0.25) is 4.79 Å². The Balaban J connectivity index is 1.55. The molecule has 30 heavy (non-hydrogen) atoms. The molecule has 4 rings (SSSR count). The van der Waals surface area contributed by atoms with Gasteiger partial charge in [-0.1, -0.05) is 38.7 Å². The van der Waals surface area contributed by atoms with Crippen LogP contribution < -0.4 is 0 Å². The zero-order valence-electron chi connectivity index (χ0n) is 16.9. The van der Waals surface area contributed by atoms with Crippen molar-refractivity contribution in [3.8, 4) is 0 Å². The fourth-order valence-corrected chi connectivity index (χ4v) is 5.94. The van der Waals surface area contributed by atoms with E-state index in [0.717, 1.165) is 32.1 Å². The number of carbonyl (C=O) groups excluding carboxylic acids is 1. The van der Waals surface area contributed by atoms with Gasteiger partial charge in [-0.2, -0.15) is 26.3 Å². The highest BCUT2D eigenvalue weighted by atomic mass is 19.4. The van der Waals surface area contributed by atoms with Crippen LogP contribution in [0.5, 0.6) is 0 Å². The molecule has 0 spiro atoms. The van der Waals surface area contributed by atoms with Gasteiger partial charge in [0, 0.05) is 11.5 Å². The number of fused-ring (bicyclic) bond motifs is 2. The van der Waals surface area contributed by atoms with E-state index in [1.165, 1.54) is 18.6 Å². The fraction of sp³-hybridized carbons (Fsp3) is 0.696. The summed E-state index contributed by atoms with van der Waals surface area (Å²) in [6.45, 7) is 2.16. The summed E-state index contributed by atoms with van der Waals surface area (Å²) in [4.78, 5) is 13.0. The van der Waals surface area contributed by atoms with Crippen LogP contribution in [0.2, 0.25) is 0 Å². The Bertz CT molecular complexity index is 815. The van der Waals surface area contributed by atoms with Gasteiger partial charge in [0.15, 0.2) is 11.2 Å². The number of halogens is 6. The van der Waals surface area contributed by atoms with Gasteiger partial charge >= 0.3 is 12.4 Å². The molecule has 0 radical (unpaired) electrons. The van der Waals surface area contributed by atoms with Crippen molar-refractivity contribution in [3.05, 3.63) is 34.4 Å². The molecule has 166 valence electrons. The second kappa shape index (κ2) is 7.27. The van der Waals surface area contributed by atoms with Gasteiger partial charge in [0.1, 0.15) is 0 Å². The van der Waals surface area contributed by atoms with Crippen molar-refractivity contribution in [2.24, 2.45) is 23.2 Å². The zero-order chi connectivity index (χ0) is 21.9. The molecule has 1 fully saturated rings. The third-order valence-corrected chi connectivity index (χ3v) is 7.69. The van der Waals surface area contributed by atoms with E-state index in [2.05, 4.69) is 6.92 Å². The second-order valence-electron chi connectivity index (χ2n) is 9.45. The van der Waals surface area contributed by atoms with Crippen molar-refractivity contribution in [2.75, 3.05) is 0 Å². The molecule has 0 saturated heterocycles. The largest absolute Gasteiger partial charge is 0.403 e. The molecule has 1 aromatic rings. The maximum absolute atomic E-state index is 13.5. The number of ketones is 1. The number of hydrogen-bond acceptors (Lipinski definition) is 1. The predicted molar refractivity (Wildman–Crippen MR) is 100 cm³/mol. The van der Waals surface area contributed by atoms with Crippen LogP contribution in [0.4, 0.5) is 26.3 Å². The molecule has 0 amide bonds. The van der Waals surface area contributed by atoms with Crippen LogP contribution in [0, 0.1) is 23.2 Å². The van der Waals surface area contributed by atoms with E-state index in [1.807, 2.05) is 0 Å². The van der Waals surface area contributed by atoms with E-state index < -0.39 is 30.6 Å². The average Bonchev–Trinajstić information content (AvgIpc) is 3.19. The van der Waals surface area contributed by atoms with Crippen LogP contribution in [-0.2, 0) is 19.3 Å².